The van der Waals surface area contributed by atoms with Crippen LogP contribution in [0.3, 0.4) is 0 Å². The van der Waals surface area contributed by atoms with Gasteiger partial charge in [0, 0.05) is 5.56 Å². The lowest BCUT2D eigenvalue weighted by molar-refractivity contribution is -0.115. The van der Waals surface area contributed by atoms with Crippen LogP contribution in [0.1, 0.15) is 11.1 Å². The minimum absolute atomic E-state index is 0.198. The molecule has 1 heterocycles. The molecule has 0 radical (unpaired) electrons. The molecule has 0 bridgehead atoms. The van der Waals surface area contributed by atoms with Crippen molar-refractivity contribution in [1.82, 2.24) is 5.32 Å². The molecular weight excluding hydrogens is 264 g/mol. The highest BCUT2D eigenvalue weighted by Crippen LogP contribution is 2.18. The molecular formula is C17H14N2O2. The molecule has 2 aromatic carbocycles. The van der Waals surface area contributed by atoms with E-state index < -0.39 is 0 Å². The number of hydrogen-bond acceptors (Lipinski definition) is 3. The van der Waals surface area contributed by atoms with E-state index in [9.17, 15) is 4.79 Å². The Labute approximate surface area is 122 Å². The van der Waals surface area contributed by atoms with E-state index in [-0.39, 0.29) is 5.91 Å². The number of methoxy groups -OCH3 is 1. The maximum atomic E-state index is 12.0. The Bertz CT molecular complexity index is 733. The molecule has 1 amide bonds. The van der Waals surface area contributed by atoms with E-state index in [4.69, 9.17) is 4.74 Å². The number of nitrogens with zero attached hydrogens (tertiary/aromatic N) is 1. The first kappa shape index (κ1) is 13.1. The number of rotatable bonds is 3. The largest absolute Gasteiger partial charge is 0.497 e. The van der Waals surface area contributed by atoms with Crippen molar-refractivity contribution >= 4 is 17.8 Å². The third kappa shape index (κ3) is 2.84. The molecule has 0 unspecified atom stereocenters. The summed E-state index contributed by atoms with van der Waals surface area (Å²) in [4.78, 5) is 16.4. The van der Waals surface area contributed by atoms with Crippen LogP contribution in [-0.4, -0.2) is 18.9 Å². The van der Waals surface area contributed by atoms with Gasteiger partial charge in [0.25, 0.3) is 5.91 Å². The van der Waals surface area contributed by atoms with Crippen molar-refractivity contribution in [3.05, 3.63) is 71.4 Å². The number of nitrogens with one attached hydrogen (secondary N) is 1. The number of benzene rings is 2. The molecule has 4 heteroatoms. The van der Waals surface area contributed by atoms with Gasteiger partial charge in [0.1, 0.15) is 17.3 Å². The number of amidine groups is 1. The lowest BCUT2D eigenvalue weighted by Gasteiger charge is -2.00. The van der Waals surface area contributed by atoms with Crippen LogP contribution in [-0.2, 0) is 4.79 Å². The van der Waals surface area contributed by atoms with Crippen LogP contribution in [0, 0.1) is 0 Å². The number of ether oxygens (including phenoxy) is 1. The van der Waals surface area contributed by atoms with Gasteiger partial charge in [-0.1, -0.05) is 42.5 Å². The van der Waals surface area contributed by atoms with Crippen molar-refractivity contribution in [3.63, 3.8) is 0 Å². The third-order valence-corrected chi connectivity index (χ3v) is 3.14. The van der Waals surface area contributed by atoms with Crippen molar-refractivity contribution < 1.29 is 9.53 Å². The zero-order valence-corrected chi connectivity index (χ0v) is 11.5. The standard InChI is InChI=1S/C17H14N2O2/c1-21-14-9-5-6-12(10-14)11-15-17(20)19-16(18-15)13-7-3-2-4-8-13/h2-11H,1H3,(H,18,19,20)/b15-11-. The summed E-state index contributed by atoms with van der Waals surface area (Å²) < 4.78 is 5.17. The van der Waals surface area contributed by atoms with Gasteiger partial charge in [-0.3, -0.25) is 4.79 Å². The summed E-state index contributed by atoms with van der Waals surface area (Å²) in [5, 5.41) is 2.78. The Hall–Kier alpha value is -2.88. The van der Waals surface area contributed by atoms with Crippen LogP contribution in [0.15, 0.2) is 65.3 Å². The zero-order valence-electron chi connectivity index (χ0n) is 11.5. The van der Waals surface area contributed by atoms with Crippen molar-refractivity contribution in [2.24, 2.45) is 4.99 Å². The number of hydrogen-bond donors (Lipinski definition) is 1. The van der Waals surface area contributed by atoms with Gasteiger partial charge in [0.15, 0.2) is 0 Å². The monoisotopic (exact) mass is 278 g/mol. The predicted molar refractivity (Wildman–Crippen MR) is 82.1 cm³/mol. The van der Waals surface area contributed by atoms with Gasteiger partial charge in [-0.2, -0.15) is 0 Å². The van der Waals surface area contributed by atoms with Gasteiger partial charge in [0.2, 0.25) is 0 Å². The minimum atomic E-state index is -0.198. The minimum Gasteiger partial charge on any atom is -0.497 e. The van der Waals surface area contributed by atoms with Gasteiger partial charge in [-0.05, 0) is 23.8 Å². The summed E-state index contributed by atoms with van der Waals surface area (Å²) in [5.74, 6) is 1.13. The summed E-state index contributed by atoms with van der Waals surface area (Å²) in [7, 11) is 1.61. The lowest BCUT2D eigenvalue weighted by atomic mass is 10.2. The van der Waals surface area contributed by atoms with Crippen LogP contribution in [0.25, 0.3) is 6.08 Å². The van der Waals surface area contributed by atoms with Crippen molar-refractivity contribution in [2.45, 2.75) is 0 Å². The second-order valence-corrected chi connectivity index (χ2v) is 4.59. The number of carbonyl (C=O) groups is 1. The number of aliphatic imine (C=N–C) groups is 1. The molecule has 0 spiro atoms. The molecule has 1 N–H and O–H groups in total. The van der Waals surface area contributed by atoms with Gasteiger partial charge in [-0.15, -0.1) is 0 Å². The maximum absolute atomic E-state index is 12.0. The molecule has 0 fully saturated rings. The van der Waals surface area contributed by atoms with E-state index in [1.165, 1.54) is 0 Å². The van der Waals surface area contributed by atoms with E-state index in [2.05, 4.69) is 10.3 Å². The van der Waals surface area contributed by atoms with Crippen molar-refractivity contribution in [1.29, 1.82) is 0 Å². The van der Waals surface area contributed by atoms with E-state index in [1.54, 1.807) is 13.2 Å². The smallest absolute Gasteiger partial charge is 0.275 e. The van der Waals surface area contributed by atoms with E-state index in [0.29, 0.717) is 11.5 Å². The molecule has 0 aliphatic carbocycles. The second-order valence-electron chi connectivity index (χ2n) is 4.59. The molecule has 104 valence electrons. The molecule has 1 aliphatic rings. The Morgan fingerprint density at radius 2 is 1.90 bits per heavy atom. The fraction of sp³-hybridized carbons (Fsp3) is 0.0588. The normalized spacial score (nSPS) is 15.8. The average Bonchev–Trinajstić information content (AvgIpc) is 2.89. The molecule has 3 rings (SSSR count). The molecule has 4 nitrogen and oxygen atoms in total. The summed E-state index contributed by atoms with van der Waals surface area (Å²) >= 11 is 0. The lowest BCUT2D eigenvalue weighted by Crippen LogP contribution is -2.24. The molecule has 0 atom stereocenters. The third-order valence-electron chi connectivity index (χ3n) is 3.14. The molecule has 21 heavy (non-hydrogen) atoms. The molecule has 0 aromatic heterocycles. The summed E-state index contributed by atoms with van der Waals surface area (Å²) in [5.41, 5.74) is 2.15. The molecule has 0 saturated carbocycles. The number of amides is 1. The zero-order chi connectivity index (χ0) is 14.7. The van der Waals surface area contributed by atoms with Crippen LogP contribution >= 0.6 is 0 Å². The molecule has 1 aliphatic heterocycles. The van der Waals surface area contributed by atoms with Crippen LogP contribution < -0.4 is 10.1 Å². The van der Waals surface area contributed by atoms with Gasteiger partial charge in [-0.25, -0.2) is 4.99 Å². The van der Waals surface area contributed by atoms with Crippen LogP contribution in [0.2, 0.25) is 0 Å². The van der Waals surface area contributed by atoms with Gasteiger partial charge in [0.05, 0.1) is 7.11 Å². The van der Waals surface area contributed by atoms with E-state index >= 15 is 0 Å². The maximum Gasteiger partial charge on any atom is 0.275 e. The predicted octanol–water partition coefficient (Wildman–Crippen LogP) is 2.61. The average molecular weight is 278 g/mol. The van der Waals surface area contributed by atoms with Crippen LogP contribution in [0.5, 0.6) is 5.75 Å². The SMILES string of the molecule is COc1cccc(/C=C2\N=C(c3ccccc3)NC2=O)c1. The Kier molecular flexibility index (Phi) is 3.51. The topological polar surface area (TPSA) is 50.7 Å². The Balaban J connectivity index is 1.93. The first-order valence-electron chi connectivity index (χ1n) is 6.57. The van der Waals surface area contributed by atoms with E-state index in [1.807, 2.05) is 54.6 Å². The molecule has 0 saturated heterocycles. The fourth-order valence-electron chi connectivity index (χ4n) is 2.09. The van der Waals surface area contributed by atoms with Crippen molar-refractivity contribution in [2.75, 3.05) is 7.11 Å². The Morgan fingerprint density at radius 1 is 1.10 bits per heavy atom. The summed E-state index contributed by atoms with van der Waals surface area (Å²) in [6.07, 6.45) is 1.74. The second kappa shape index (κ2) is 5.63. The van der Waals surface area contributed by atoms with E-state index in [0.717, 1.165) is 16.9 Å². The highest BCUT2D eigenvalue weighted by molar-refractivity contribution is 6.19. The van der Waals surface area contributed by atoms with Gasteiger partial charge < -0.3 is 10.1 Å². The summed E-state index contributed by atoms with van der Waals surface area (Å²) in [6, 6.07) is 17.1. The first-order valence-corrected chi connectivity index (χ1v) is 6.57. The first-order chi connectivity index (χ1) is 10.3. The van der Waals surface area contributed by atoms with Crippen molar-refractivity contribution in [3.8, 4) is 5.75 Å². The molecule has 2 aromatic rings. The quantitative estimate of drug-likeness (QED) is 0.877. The fourth-order valence-corrected chi connectivity index (χ4v) is 2.09. The summed E-state index contributed by atoms with van der Waals surface area (Å²) in [6.45, 7) is 0. The Morgan fingerprint density at radius 3 is 2.67 bits per heavy atom. The highest BCUT2D eigenvalue weighted by Gasteiger charge is 2.20. The van der Waals surface area contributed by atoms with Crippen LogP contribution in [0.4, 0.5) is 0 Å². The highest BCUT2D eigenvalue weighted by atomic mass is 16.5. The van der Waals surface area contributed by atoms with Gasteiger partial charge >= 0.3 is 0 Å². The number of carbonyl (C=O) groups excluding carboxylic acids is 1.